The monoisotopic (exact) mass is 340 g/mol. The van der Waals surface area contributed by atoms with Crippen molar-refractivity contribution in [2.45, 2.75) is 25.7 Å². The van der Waals surface area contributed by atoms with Crippen LogP contribution >= 0.6 is 34.8 Å². The van der Waals surface area contributed by atoms with Gasteiger partial charge in [-0.2, -0.15) is 0 Å². The van der Waals surface area contributed by atoms with Crippen molar-refractivity contribution >= 4 is 34.8 Å². The van der Waals surface area contributed by atoms with Crippen LogP contribution < -0.4 is 0 Å². The van der Waals surface area contributed by atoms with Gasteiger partial charge < -0.3 is 0 Å². The third kappa shape index (κ3) is 3.74. The van der Waals surface area contributed by atoms with E-state index < -0.39 is 0 Å². The highest BCUT2D eigenvalue weighted by molar-refractivity contribution is 6.30. The lowest BCUT2D eigenvalue weighted by Crippen LogP contribution is -2.33. The van der Waals surface area contributed by atoms with Crippen molar-refractivity contribution in [2.24, 2.45) is 0 Å². The fraction of sp³-hybridized carbons (Fsp3) is 0.333. The predicted octanol–water partition coefficient (Wildman–Crippen LogP) is 5.91. The summed E-state index contributed by atoms with van der Waals surface area (Å²) >= 11 is 18.6. The molecule has 0 aliphatic heterocycles. The second kappa shape index (κ2) is 7.05. The zero-order chi connectivity index (χ0) is 15.5. The van der Waals surface area contributed by atoms with Gasteiger partial charge in [-0.15, -0.1) is 23.2 Å². The normalized spacial score (nSPS) is 11.7. The highest BCUT2D eigenvalue weighted by atomic mass is 35.5. The van der Waals surface area contributed by atoms with E-state index in [4.69, 9.17) is 34.8 Å². The quantitative estimate of drug-likeness (QED) is 0.593. The van der Waals surface area contributed by atoms with Crippen molar-refractivity contribution in [2.75, 3.05) is 11.8 Å². The number of hydrogen-bond acceptors (Lipinski definition) is 0. The Labute approximate surface area is 142 Å². The van der Waals surface area contributed by atoms with Gasteiger partial charge in [0.15, 0.2) is 0 Å². The highest BCUT2D eigenvalue weighted by Crippen LogP contribution is 2.33. The molecule has 0 aromatic heterocycles. The minimum atomic E-state index is -0.272. The van der Waals surface area contributed by atoms with Crippen molar-refractivity contribution in [3.63, 3.8) is 0 Å². The van der Waals surface area contributed by atoms with E-state index in [-0.39, 0.29) is 5.41 Å². The van der Waals surface area contributed by atoms with Gasteiger partial charge >= 0.3 is 0 Å². The zero-order valence-electron chi connectivity index (χ0n) is 12.3. The molecule has 0 saturated heterocycles. The topological polar surface area (TPSA) is 0 Å². The molecule has 21 heavy (non-hydrogen) atoms. The second-order valence-corrected chi connectivity index (χ2v) is 6.63. The number of aryl methyl sites for hydroxylation is 2. The molecule has 2 rings (SSSR count). The first kappa shape index (κ1) is 16.7. The van der Waals surface area contributed by atoms with E-state index in [9.17, 15) is 0 Å². The van der Waals surface area contributed by atoms with Gasteiger partial charge in [0, 0.05) is 22.2 Å². The van der Waals surface area contributed by atoms with E-state index in [1.54, 1.807) is 0 Å². The Balaban J connectivity index is 2.42. The molecule has 0 unspecified atom stereocenters. The molecule has 3 heteroatoms. The van der Waals surface area contributed by atoms with Crippen LogP contribution in [0.15, 0.2) is 42.5 Å². The van der Waals surface area contributed by atoms with E-state index in [0.717, 1.165) is 17.0 Å². The number of rotatable bonds is 5. The summed E-state index contributed by atoms with van der Waals surface area (Å²) in [5.41, 5.74) is 4.69. The average molecular weight is 342 g/mol. The van der Waals surface area contributed by atoms with Crippen molar-refractivity contribution in [1.29, 1.82) is 0 Å². The first-order valence-corrected chi connectivity index (χ1v) is 8.39. The molecule has 0 nitrogen and oxygen atoms in total. The van der Waals surface area contributed by atoms with Gasteiger partial charge in [-0.1, -0.05) is 47.5 Å². The van der Waals surface area contributed by atoms with E-state index in [1.165, 1.54) is 16.7 Å². The summed E-state index contributed by atoms with van der Waals surface area (Å²) in [4.78, 5) is 0. The van der Waals surface area contributed by atoms with E-state index in [0.29, 0.717) is 11.8 Å². The van der Waals surface area contributed by atoms with E-state index >= 15 is 0 Å². The third-order valence-electron chi connectivity index (χ3n) is 4.00. The maximum atomic E-state index is 6.32. The Kier molecular flexibility index (Phi) is 5.60. The molecule has 0 aliphatic carbocycles. The van der Waals surface area contributed by atoms with Crippen LogP contribution in [0.25, 0.3) is 0 Å². The number of halogens is 3. The van der Waals surface area contributed by atoms with Crippen LogP contribution in [0.5, 0.6) is 0 Å². The van der Waals surface area contributed by atoms with Crippen LogP contribution in [0.1, 0.15) is 22.3 Å². The summed E-state index contributed by atoms with van der Waals surface area (Å²) in [6.07, 6.45) is 0.829. The van der Waals surface area contributed by atoms with Gasteiger partial charge in [0.25, 0.3) is 0 Å². The van der Waals surface area contributed by atoms with Crippen molar-refractivity contribution in [1.82, 2.24) is 0 Å². The average Bonchev–Trinajstić information content (AvgIpc) is 2.49. The second-order valence-electron chi connectivity index (χ2n) is 5.66. The van der Waals surface area contributed by atoms with Crippen molar-refractivity contribution in [3.8, 4) is 0 Å². The van der Waals surface area contributed by atoms with Crippen LogP contribution in [-0.4, -0.2) is 11.8 Å². The van der Waals surface area contributed by atoms with Gasteiger partial charge in [-0.05, 0) is 49.1 Å². The van der Waals surface area contributed by atoms with Gasteiger partial charge in [-0.25, -0.2) is 0 Å². The summed E-state index contributed by atoms with van der Waals surface area (Å²) in [5, 5.41) is 0.725. The van der Waals surface area contributed by atoms with Crippen LogP contribution in [0.4, 0.5) is 0 Å². The molecule has 0 heterocycles. The summed E-state index contributed by atoms with van der Waals surface area (Å²) in [6.45, 7) is 4.23. The summed E-state index contributed by atoms with van der Waals surface area (Å²) in [6, 6.07) is 14.3. The maximum Gasteiger partial charge on any atom is 0.0406 e. The lowest BCUT2D eigenvalue weighted by atomic mass is 9.77. The largest absolute Gasteiger partial charge is 0.126 e. The van der Waals surface area contributed by atoms with Crippen molar-refractivity contribution < 1.29 is 0 Å². The third-order valence-corrected chi connectivity index (χ3v) is 5.28. The molecule has 0 spiro atoms. The van der Waals surface area contributed by atoms with Crippen LogP contribution in [0.3, 0.4) is 0 Å². The smallest absolute Gasteiger partial charge is 0.0406 e. The number of alkyl halides is 2. The Morgan fingerprint density at radius 1 is 0.905 bits per heavy atom. The number of benzene rings is 2. The SMILES string of the molecule is Cc1ccc(C)c(CC(CCl)(CCl)c2ccc(Cl)cc2)c1. The molecule has 0 bridgehead atoms. The summed E-state index contributed by atoms with van der Waals surface area (Å²) < 4.78 is 0. The molecular weight excluding hydrogens is 323 g/mol. The Morgan fingerprint density at radius 2 is 1.52 bits per heavy atom. The lowest BCUT2D eigenvalue weighted by molar-refractivity contribution is 0.535. The van der Waals surface area contributed by atoms with Crippen LogP contribution in [0, 0.1) is 13.8 Å². The maximum absolute atomic E-state index is 6.32. The fourth-order valence-corrected chi connectivity index (χ4v) is 3.45. The van der Waals surface area contributed by atoms with Gasteiger partial charge in [-0.3, -0.25) is 0 Å². The highest BCUT2D eigenvalue weighted by Gasteiger charge is 2.31. The zero-order valence-corrected chi connectivity index (χ0v) is 14.6. The molecule has 0 fully saturated rings. The first-order valence-electron chi connectivity index (χ1n) is 6.95. The standard InChI is InChI=1S/C18H19Cl3/c1-13-3-4-14(2)15(9-13)10-18(11-19,12-20)16-5-7-17(21)8-6-16/h3-9H,10-12H2,1-2H3. The Hall–Kier alpha value is -0.690. The molecule has 0 N–H and O–H groups in total. The van der Waals surface area contributed by atoms with Crippen LogP contribution in [-0.2, 0) is 11.8 Å². The minimum absolute atomic E-state index is 0.272. The van der Waals surface area contributed by atoms with Gasteiger partial charge in [0.2, 0.25) is 0 Å². The number of hydrogen-bond donors (Lipinski definition) is 0. The Bertz CT molecular complexity index is 598. The van der Waals surface area contributed by atoms with E-state index in [2.05, 4.69) is 32.0 Å². The molecular formula is C18H19Cl3. The molecule has 2 aromatic carbocycles. The molecule has 0 amide bonds. The molecule has 0 radical (unpaired) electrons. The first-order chi connectivity index (χ1) is 10.0. The van der Waals surface area contributed by atoms with Gasteiger partial charge in [0.05, 0.1) is 0 Å². The van der Waals surface area contributed by atoms with Gasteiger partial charge in [0.1, 0.15) is 0 Å². The lowest BCUT2D eigenvalue weighted by Gasteiger charge is -2.31. The predicted molar refractivity (Wildman–Crippen MR) is 94.2 cm³/mol. The molecule has 0 aliphatic rings. The van der Waals surface area contributed by atoms with Crippen molar-refractivity contribution in [3.05, 3.63) is 69.7 Å². The summed E-state index contributed by atoms with van der Waals surface area (Å²) in [7, 11) is 0. The Morgan fingerprint density at radius 3 is 2.10 bits per heavy atom. The summed E-state index contributed by atoms with van der Waals surface area (Å²) in [5.74, 6) is 0.955. The van der Waals surface area contributed by atoms with Crippen LogP contribution in [0.2, 0.25) is 5.02 Å². The minimum Gasteiger partial charge on any atom is -0.126 e. The molecule has 112 valence electrons. The molecule has 0 saturated carbocycles. The van der Waals surface area contributed by atoms with E-state index in [1.807, 2.05) is 24.3 Å². The fourth-order valence-electron chi connectivity index (χ4n) is 2.55. The molecule has 2 aromatic rings. The molecule has 0 atom stereocenters.